The number of morpholine rings is 1. The van der Waals surface area contributed by atoms with Gasteiger partial charge in [0.05, 0.1) is 13.2 Å². The molecule has 0 aliphatic carbocycles. The van der Waals surface area contributed by atoms with Gasteiger partial charge in [-0.2, -0.15) is 0 Å². The van der Waals surface area contributed by atoms with E-state index in [1.54, 1.807) is 11.0 Å². The maximum atomic E-state index is 13.4. The molecular weight excluding hydrogens is 345 g/mol. The molecule has 1 aliphatic heterocycles. The minimum Gasteiger partial charge on any atom is -0.379 e. The van der Waals surface area contributed by atoms with Crippen LogP contribution in [0.5, 0.6) is 0 Å². The van der Waals surface area contributed by atoms with Gasteiger partial charge in [-0.25, -0.2) is 9.18 Å². The number of carbonyl (C=O) groups is 1. The van der Waals surface area contributed by atoms with E-state index in [9.17, 15) is 9.18 Å². The number of benzene rings is 1. The molecule has 1 atom stereocenters. The summed E-state index contributed by atoms with van der Waals surface area (Å²) in [7, 11) is 0. The maximum absolute atomic E-state index is 13.4. The molecule has 1 saturated heterocycles. The molecule has 0 saturated carbocycles. The number of amides is 2. The lowest BCUT2D eigenvalue weighted by Gasteiger charge is -2.39. The van der Waals surface area contributed by atoms with Gasteiger partial charge in [0.25, 0.3) is 0 Å². The lowest BCUT2D eigenvalue weighted by molar-refractivity contribution is 0.00210. The molecule has 152 valence electrons. The molecule has 1 unspecified atom stereocenters. The summed E-state index contributed by atoms with van der Waals surface area (Å²) in [6.45, 7) is 11.3. The van der Waals surface area contributed by atoms with Crippen LogP contribution in [0.1, 0.15) is 39.2 Å². The SMILES string of the molecule is CCC(CC)C(CNC(=O)N(CC)Cc1cccc(F)c1)N1CCOCC1. The van der Waals surface area contributed by atoms with Crippen LogP contribution in [0.2, 0.25) is 0 Å². The second-order valence-electron chi connectivity index (χ2n) is 7.12. The minimum absolute atomic E-state index is 0.0917. The molecule has 1 aliphatic rings. The molecule has 5 nitrogen and oxygen atoms in total. The Bertz CT molecular complexity index is 574. The van der Waals surface area contributed by atoms with E-state index in [0.717, 1.165) is 44.7 Å². The van der Waals surface area contributed by atoms with Gasteiger partial charge < -0.3 is 15.0 Å². The fraction of sp³-hybridized carbons (Fsp3) is 0.667. The van der Waals surface area contributed by atoms with E-state index in [1.165, 1.54) is 12.1 Å². The summed E-state index contributed by atoms with van der Waals surface area (Å²) >= 11 is 0. The molecule has 0 spiro atoms. The third kappa shape index (κ3) is 6.47. The van der Waals surface area contributed by atoms with Crippen molar-refractivity contribution in [2.45, 2.75) is 46.2 Å². The van der Waals surface area contributed by atoms with Gasteiger partial charge in [0.15, 0.2) is 0 Å². The second-order valence-corrected chi connectivity index (χ2v) is 7.12. The van der Waals surface area contributed by atoms with Crippen molar-refractivity contribution in [1.82, 2.24) is 15.1 Å². The Labute approximate surface area is 162 Å². The zero-order chi connectivity index (χ0) is 19.6. The van der Waals surface area contributed by atoms with Crippen LogP contribution in [0.3, 0.4) is 0 Å². The van der Waals surface area contributed by atoms with E-state index < -0.39 is 0 Å². The Morgan fingerprint density at radius 1 is 1.26 bits per heavy atom. The highest BCUT2D eigenvalue weighted by molar-refractivity contribution is 5.74. The number of hydrogen-bond donors (Lipinski definition) is 1. The quantitative estimate of drug-likeness (QED) is 0.714. The van der Waals surface area contributed by atoms with Crippen LogP contribution in [0.25, 0.3) is 0 Å². The van der Waals surface area contributed by atoms with E-state index in [4.69, 9.17) is 4.74 Å². The summed E-state index contributed by atoms with van der Waals surface area (Å²) in [4.78, 5) is 16.9. The van der Waals surface area contributed by atoms with Crippen molar-refractivity contribution in [1.29, 1.82) is 0 Å². The number of hydrogen-bond acceptors (Lipinski definition) is 3. The highest BCUT2D eigenvalue weighted by Crippen LogP contribution is 2.19. The first-order valence-electron chi connectivity index (χ1n) is 10.2. The maximum Gasteiger partial charge on any atom is 0.317 e. The Morgan fingerprint density at radius 2 is 1.96 bits per heavy atom. The molecule has 1 aromatic rings. The van der Waals surface area contributed by atoms with Gasteiger partial charge in [-0.3, -0.25) is 4.90 Å². The third-order valence-electron chi connectivity index (χ3n) is 5.50. The van der Waals surface area contributed by atoms with Crippen molar-refractivity contribution in [2.75, 3.05) is 39.4 Å². The molecule has 1 heterocycles. The van der Waals surface area contributed by atoms with Crippen molar-refractivity contribution in [3.63, 3.8) is 0 Å². The molecule has 0 aromatic heterocycles. The van der Waals surface area contributed by atoms with Crippen LogP contribution in [0.4, 0.5) is 9.18 Å². The Morgan fingerprint density at radius 3 is 2.56 bits per heavy atom. The van der Waals surface area contributed by atoms with Crippen LogP contribution in [0.15, 0.2) is 24.3 Å². The predicted molar refractivity (Wildman–Crippen MR) is 106 cm³/mol. The lowest BCUT2D eigenvalue weighted by Crippen LogP contribution is -2.53. The van der Waals surface area contributed by atoms with Crippen LogP contribution in [-0.2, 0) is 11.3 Å². The van der Waals surface area contributed by atoms with Crippen molar-refractivity contribution >= 4 is 6.03 Å². The molecule has 1 fully saturated rings. The van der Waals surface area contributed by atoms with E-state index in [0.29, 0.717) is 31.6 Å². The summed E-state index contributed by atoms with van der Waals surface area (Å²) in [5.41, 5.74) is 0.803. The molecule has 1 aromatic carbocycles. The van der Waals surface area contributed by atoms with E-state index in [-0.39, 0.29) is 11.8 Å². The molecule has 0 radical (unpaired) electrons. The monoisotopic (exact) mass is 379 g/mol. The number of nitrogens with zero attached hydrogens (tertiary/aromatic N) is 2. The highest BCUT2D eigenvalue weighted by Gasteiger charge is 2.27. The van der Waals surface area contributed by atoms with Crippen molar-refractivity contribution in [2.24, 2.45) is 5.92 Å². The zero-order valence-corrected chi connectivity index (χ0v) is 16.9. The smallest absolute Gasteiger partial charge is 0.317 e. The summed E-state index contributed by atoms with van der Waals surface area (Å²) in [5, 5.41) is 3.13. The van der Waals surface area contributed by atoms with Gasteiger partial charge in [-0.05, 0) is 30.5 Å². The number of carbonyl (C=O) groups excluding carboxylic acids is 1. The highest BCUT2D eigenvalue weighted by atomic mass is 19.1. The van der Waals surface area contributed by atoms with Crippen LogP contribution in [-0.4, -0.2) is 61.3 Å². The number of urea groups is 1. The second kappa shape index (κ2) is 11.2. The first-order valence-corrected chi connectivity index (χ1v) is 10.2. The topological polar surface area (TPSA) is 44.8 Å². The molecule has 1 N–H and O–H groups in total. The van der Waals surface area contributed by atoms with Gasteiger partial charge in [0.1, 0.15) is 5.82 Å². The first-order chi connectivity index (χ1) is 13.1. The third-order valence-corrected chi connectivity index (χ3v) is 5.50. The molecule has 6 heteroatoms. The Hall–Kier alpha value is -1.66. The van der Waals surface area contributed by atoms with Crippen LogP contribution < -0.4 is 5.32 Å². The Kier molecular flexibility index (Phi) is 9.01. The first kappa shape index (κ1) is 21.6. The lowest BCUT2D eigenvalue weighted by atomic mass is 9.92. The van der Waals surface area contributed by atoms with E-state index >= 15 is 0 Å². The van der Waals surface area contributed by atoms with Gasteiger partial charge in [0, 0.05) is 38.8 Å². The van der Waals surface area contributed by atoms with Gasteiger partial charge in [0.2, 0.25) is 0 Å². The fourth-order valence-electron chi connectivity index (χ4n) is 3.82. The number of ether oxygens (including phenoxy) is 1. The average molecular weight is 380 g/mol. The van der Waals surface area contributed by atoms with Crippen LogP contribution in [0, 0.1) is 11.7 Å². The van der Waals surface area contributed by atoms with E-state index in [1.807, 2.05) is 13.0 Å². The van der Waals surface area contributed by atoms with Gasteiger partial charge in [-0.15, -0.1) is 0 Å². The number of rotatable bonds is 9. The number of halogens is 1. The van der Waals surface area contributed by atoms with Crippen molar-refractivity contribution in [3.05, 3.63) is 35.6 Å². The van der Waals surface area contributed by atoms with E-state index in [2.05, 4.69) is 24.1 Å². The van der Waals surface area contributed by atoms with Gasteiger partial charge in [-0.1, -0.05) is 38.8 Å². The van der Waals surface area contributed by atoms with Crippen LogP contribution >= 0.6 is 0 Å². The van der Waals surface area contributed by atoms with Crippen molar-refractivity contribution in [3.8, 4) is 0 Å². The van der Waals surface area contributed by atoms with Crippen molar-refractivity contribution < 1.29 is 13.9 Å². The summed E-state index contributed by atoms with van der Waals surface area (Å²) in [6, 6.07) is 6.66. The summed E-state index contributed by atoms with van der Waals surface area (Å²) in [6.07, 6.45) is 2.18. The largest absolute Gasteiger partial charge is 0.379 e. The molecule has 2 rings (SSSR count). The average Bonchev–Trinajstić information content (AvgIpc) is 2.69. The Balaban J connectivity index is 1.97. The van der Waals surface area contributed by atoms with Gasteiger partial charge >= 0.3 is 6.03 Å². The molecule has 27 heavy (non-hydrogen) atoms. The standard InChI is InChI=1S/C21H34FN3O2/c1-4-18(5-2)20(25-10-12-27-13-11-25)15-23-21(26)24(6-3)16-17-8-7-9-19(22)14-17/h7-9,14,18,20H,4-6,10-13,15-16H2,1-3H3,(H,23,26). The molecule has 0 bridgehead atoms. The summed E-state index contributed by atoms with van der Waals surface area (Å²) in [5.74, 6) is 0.270. The molecule has 2 amide bonds. The predicted octanol–water partition coefficient (Wildman–Crippen LogP) is 3.49. The fourth-order valence-corrected chi connectivity index (χ4v) is 3.82. The zero-order valence-electron chi connectivity index (χ0n) is 16.9. The summed E-state index contributed by atoms with van der Waals surface area (Å²) < 4.78 is 18.9. The minimum atomic E-state index is -0.273. The normalized spacial score (nSPS) is 16.3. The number of nitrogens with one attached hydrogen (secondary N) is 1. The molecular formula is C21H34FN3O2.